The van der Waals surface area contributed by atoms with Crippen molar-refractivity contribution in [3.8, 4) is 0 Å². The maximum absolute atomic E-state index is 12.1. The average Bonchev–Trinajstić information content (AvgIpc) is 2.54. The summed E-state index contributed by atoms with van der Waals surface area (Å²) in [5.74, 6) is -0.587. The van der Waals surface area contributed by atoms with Gasteiger partial charge >= 0.3 is 12.0 Å². The molecule has 0 radical (unpaired) electrons. The molecule has 0 aromatic rings. The molecule has 2 N–H and O–H groups in total. The molecule has 5 nitrogen and oxygen atoms in total. The van der Waals surface area contributed by atoms with Crippen molar-refractivity contribution in [3.05, 3.63) is 0 Å². The molecule has 1 heterocycles. The number of amides is 2. The molecule has 1 fully saturated rings. The maximum Gasteiger partial charge on any atom is 0.317 e. The number of hydrogen-bond donors (Lipinski definition) is 2. The molecule has 1 unspecified atom stereocenters. The van der Waals surface area contributed by atoms with Crippen molar-refractivity contribution in [1.82, 2.24) is 10.2 Å². The molecule has 1 aliphatic heterocycles. The van der Waals surface area contributed by atoms with Crippen LogP contribution in [0.4, 0.5) is 4.79 Å². The van der Waals surface area contributed by atoms with E-state index in [1.165, 1.54) is 0 Å². The fraction of sp³-hybridized carbons (Fsp3) is 0.867. The molecule has 0 aromatic heterocycles. The first-order valence-electron chi connectivity index (χ1n) is 7.55. The number of likely N-dealkylation sites (tertiary alicyclic amines) is 1. The van der Waals surface area contributed by atoms with E-state index < -0.39 is 5.97 Å². The summed E-state index contributed by atoms with van der Waals surface area (Å²) < 4.78 is 0. The summed E-state index contributed by atoms with van der Waals surface area (Å²) >= 11 is 0. The lowest BCUT2D eigenvalue weighted by Crippen LogP contribution is -2.42. The van der Waals surface area contributed by atoms with E-state index in [0.717, 1.165) is 32.4 Å². The van der Waals surface area contributed by atoms with Crippen LogP contribution in [0.1, 0.15) is 52.9 Å². The van der Waals surface area contributed by atoms with Gasteiger partial charge in [0.05, 0.1) is 0 Å². The fourth-order valence-electron chi connectivity index (χ4n) is 2.47. The summed E-state index contributed by atoms with van der Waals surface area (Å²) in [5, 5.41) is 11.6. The Morgan fingerprint density at radius 1 is 1.30 bits per heavy atom. The first-order valence-corrected chi connectivity index (χ1v) is 7.55. The monoisotopic (exact) mass is 284 g/mol. The van der Waals surface area contributed by atoms with Gasteiger partial charge in [-0.2, -0.15) is 0 Å². The molecule has 1 atom stereocenters. The highest BCUT2D eigenvalue weighted by Crippen LogP contribution is 2.29. The van der Waals surface area contributed by atoms with Gasteiger partial charge in [0, 0.05) is 26.1 Å². The first kappa shape index (κ1) is 16.8. The van der Waals surface area contributed by atoms with Gasteiger partial charge in [-0.15, -0.1) is 0 Å². The van der Waals surface area contributed by atoms with Gasteiger partial charge in [0.15, 0.2) is 0 Å². The summed E-state index contributed by atoms with van der Waals surface area (Å²) in [6.07, 6.45) is 4.01. The molecule has 1 saturated heterocycles. The highest BCUT2D eigenvalue weighted by Gasteiger charge is 2.25. The number of rotatable bonds is 5. The number of nitrogens with zero attached hydrogens (tertiary/aromatic N) is 1. The van der Waals surface area contributed by atoms with E-state index in [2.05, 4.69) is 19.2 Å². The molecule has 1 rings (SSSR count). The van der Waals surface area contributed by atoms with Crippen molar-refractivity contribution in [2.24, 2.45) is 11.3 Å². The average molecular weight is 284 g/mol. The van der Waals surface area contributed by atoms with Crippen LogP contribution in [0, 0.1) is 11.3 Å². The molecule has 0 aromatic carbocycles. The van der Waals surface area contributed by atoms with Gasteiger partial charge in [-0.05, 0) is 37.0 Å². The third-order valence-corrected chi connectivity index (χ3v) is 4.08. The molecule has 0 spiro atoms. The quantitative estimate of drug-likeness (QED) is 0.815. The Kier molecular flexibility index (Phi) is 6.30. The van der Waals surface area contributed by atoms with Crippen LogP contribution < -0.4 is 5.32 Å². The Balaban J connectivity index is 2.30. The molecule has 5 heteroatoms. The van der Waals surface area contributed by atoms with Gasteiger partial charge in [-0.25, -0.2) is 4.79 Å². The number of hydrogen-bond acceptors (Lipinski definition) is 2. The van der Waals surface area contributed by atoms with E-state index in [1.54, 1.807) is 0 Å². The van der Waals surface area contributed by atoms with Gasteiger partial charge in [0.1, 0.15) is 0 Å². The summed E-state index contributed by atoms with van der Waals surface area (Å²) in [5.41, 5.74) is 0.323. The van der Waals surface area contributed by atoms with Crippen LogP contribution in [-0.4, -0.2) is 41.6 Å². The second-order valence-electron chi connectivity index (χ2n) is 6.73. The maximum atomic E-state index is 12.1. The normalized spacial score (nSPS) is 20.1. The Hall–Kier alpha value is -1.26. The number of aliphatic carboxylic acids is 1. The van der Waals surface area contributed by atoms with Gasteiger partial charge in [-0.1, -0.05) is 20.8 Å². The van der Waals surface area contributed by atoms with Crippen molar-refractivity contribution in [3.63, 3.8) is 0 Å². The number of carboxylic acids is 1. The van der Waals surface area contributed by atoms with Crippen LogP contribution in [0.25, 0.3) is 0 Å². The zero-order chi connectivity index (χ0) is 15.2. The summed E-state index contributed by atoms with van der Waals surface area (Å²) in [6.45, 7) is 8.65. The van der Waals surface area contributed by atoms with E-state index in [-0.39, 0.29) is 18.4 Å². The Morgan fingerprint density at radius 3 is 2.65 bits per heavy atom. The molecular weight excluding hydrogens is 256 g/mol. The first-order chi connectivity index (χ1) is 9.30. The lowest BCUT2D eigenvalue weighted by molar-refractivity contribution is -0.137. The van der Waals surface area contributed by atoms with E-state index in [0.29, 0.717) is 18.4 Å². The van der Waals surface area contributed by atoms with Gasteiger partial charge in [0.2, 0.25) is 0 Å². The smallest absolute Gasteiger partial charge is 0.317 e. The van der Waals surface area contributed by atoms with Crippen molar-refractivity contribution in [2.45, 2.75) is 52.9 Å². The fourth-order valence-corrected chi connectivity index (χ4v) is 2.47. The topological polar surface area (TPSA) is 69.6 Å². The van der Waals surface area contributed by atoms with Crippen LogP contribution in [0.3, 0.4) is 0 Å². The minimum Gasteiger partial charge on any atom is -0.481 e. The minimum absolute atomic E-state index is 0.00937. The Morgan fingerprint density at radius 2 is 2.00 bits per heavy atom. The van der Waals surface area contributed by atoms with E-state index in [1.807, 2.05) is 11.8 Å². The van der Waals surface area contributed by atoms with Crippen LogP contribution in [0.15, 0.2) is 0 Å². The van der Waals surface area contributed by atoms with E-state index >= 15 is 0 Å². The molecule has 2 amide bonds. The molecule has 20 heavy (non-hydrogen) atoms. The van der Waals surface area contributed by atoms with Crippen molar-refractivity contribution in [2.75, 3.05) is 19.6 Å². The summed E-state index contributed by atoms with van der Waals surface area (Å²) in [4.78, 5) is 24.5. The molecule has 0 aliphatic carbocycles. The van der Waals surface area contributed by atoms with E-state index in [9.17, 15) is 9.59 Å². The number of carboxylic acid groups (broad SMARTS) is 1. The van der Waals surface area contributed by atoms with Gasteiger partial charge in [-0.3, -0.25) is 4.79 Å². The lowest BCUT2D eigenvalue weighted by atomic mass is 9.85. The number of carbonyl (C=O) groups is 2. The molecular formula is C15H28N2O3. The summed E-state index contributed by atoms with van der Waals surface area (Å²) in [6, 6.07) is -0.00937. The Bertz CT molecular complexity index is 342. The van der Waals surface area contributed by atoms with Crippen LogP contribution in [0.5, 0.6) is 0 Å². The van der Waals surface area contributed by atoms with Crippen molar-refractivity contribution >= 4 is 12.0 Å². The standard InChI is InChI=1S/C15H28N2O3/c1-12(5-6-13(18)19)11-16-14(20)17-9-4-7-15(2,3)8-10-17/h12H,4-11H2,1-3H3,(H,16,20)(H,18,19). The zero-order valence-electron chi connectivity index (χ0n) is 12.9. The Labute approximate surface area is 121 Å². The predicted molar refractivity (Wildman–Crippen MR) is 78.6 cm³/mol. The second-order valence-corrected chi connectivity index (χ2v) is 6.73. The lowest BCUT2D eigenvalue weighted by Gasteiger charge is -2.24. The SMILES string of the molecule is CC(CCC(=O)O)CNC(=O)N1CCCC(C)(C)CC1. The predicted octanol–water partition coefficient (Wildman–Crippen LogP) is 2.71. The van der Waals surface area contributed by atoms with Crippen LogP contribution in [-0.2, 0) is 4.79 Å². The number of nitrogens with one attached hydrogen (secondary N) is 1. The minimum atomic E-state index is -0.780. The number of carbonyl (C=O) groups excluding carboxylic acids is 1. The third kappa shape index (κ3) is 6.26. The molecule has 0 saturated carbocycles. The highest BCUT2D eigenvalue weighted by molar-refractivity contribution is 5.74. The van der Waals surface area contributed by atoms with E-state index in [4.69, 9.17) is 5.11 Å². The number of urea groups is 1. The van der Waals surface area contributed by atoms with Crippen molar-refractivity contribution < 1.29 is 14.7 Å². The summed E-state index contributed by atoms with van der Waals surface area (Å²) in [7, 11) is 0. The highest BCUT2D eigenvalue weighted by atomic mass is 16.4. The third-order valence-electron chi connectivity index (χ3n) is 4.08. The van der Waals surface area contributed by atoms with Crippen molar-refractivity contribution in [1.29, 1.82) is 0 Å². The van der Waals surface area contributed by atoms with Crippen LogP contribution >= 0.6 is 0 Å². The molecule has 0 bridgehead atoms. The second kappa shape index (κ2) is 7.50. The molecule has 1 aliphatic rings. The zero-order valence-corrected chi connectivity index (χ0v) is 12.9. The van der Waals surface area contributed by atoms with Crippen LogP contribution in [0.2, 0.25) is 0 Å². The largest absolute Gasteiger partial charge is 0.481 e. The van der Waals surface area contributed by atoms with Gasteiger partial charge < -0.3 is 15.3 Å². The molecule has 116 valence electrons. The van der Waals surface area contributed by atoms with Gasteiger partial charge in [0.25, 0.3) is 0 Å².